The van der Waals surface area contributed by atoms with E-state index in [1.807, 2.05) is 12.1 Å². The lowest BCUT2D eigenvalue weighted by Gasteiger charge is -2.08. The molecule has 0 heterocycles. The number of nitrogen functional groups attached to an aromatic ring is 1. The van der Waals surface area contributed by atoms with Gasteiger partial charge in [-0.2, -0.15) is 0 Å². The van der Waals surface area contributed by atoms with Crippen molar-refractivity contribution in [2.75, 3.05) is 5.73 Å². The van der Waals surface area contributed by atoms with Crippen LogP contribution in [0.1, 0.15) is 18.1 Å². The molecule has 0 bridgehead atoms. The molecule has 2 N–H and O–H groups in total. The normalized spacial score (nSPS) is 10.4. The Bertz CT molecular complexity index is 501. The van der Waals surface area contributed by atoms with Crippen LogP contribution < -0.4 is 5.73 Å². The molecule has 0 saturated carbocycles. The lowest BCUT2D eigenvalue weighted by molar-refractivity contribution is 1.14. The number of anilines is 1. The van der Waals surface area contributed by atoms with Crippen LogP contribution in [0, 0.1) is 6.92 Å². The maximum Gasteiger partial charge on any atom is 0.0393 e. The summed E-state index contributed by atoms with van der Waals surface area (Å²) in [6, 6.07) is 14.7. The Balaban J connectivity index is 2.53. The zero-order chi connectivity index (χ0) is 11.5. The van der Waals surface area contributed by atoms with Gasteiger partial charge in [0.15, 0.2) is 0 Å². The Hall–Kier alpha value is -1.76. The van der Waals surface area contributed by atoms with Gasteiger partial charge in [0.05, 0.1) is 0 Å². The molecule has 0 spiro atoms. The molecule has 0 unspecified atom stereocenters. The summed E-state index contributed by atoms with van der Waals surface area (Å²) in [5.74, 6) is 0. The van der Waals surface area contributed by atoms with Crippen molar-refractivity contribution in [2.24, 2.45) is 0 Å². The smallest absolute Gasteiger partial charge is 0.0393 e. The van der Waals surface area contributed by atoms with Crippen LogP contribution in [0.4, 0.5) is 5.69 Å². The Kier molecular flexibility index (Phi) is 2.95. The highest BCUT2D eigenvalue weighted by Gasteiger charge is 2.03. The molecular weight excluding hydrogens is 194 g/mol. The van der Waals surface area contributed by atoms with Gasteiger partial charge in [-0.15, -0.1) is 0 Å². The average Bonchev–Trinajstić information content (AvgIpc) is 2.32. The van der Waals surface area contributed by atoms with Crippen molar-refractivity contribution in [1.29, 1.82) is 0 Å². The van der Waals surface area contributed by atoms with Crippen molar-refractivity contribution < 1.29 is 0 Å². The second-order valence-corrected chi connectivity index (χ2v) is 4.14. The molecule has 0 amide bonds. The summed E-state index contributed by atoms with van der Waals surface area (Å²) in [7, 11) is 0. The third-order valence-electron chi connectivity index (χ3n) is 2.86. The maximum absolute atomic E-state index is 6.01. The van der Waals surface area contributed by atoms with Gasteiger partial charge in [0.1, 0.15) is 0 Å². The molecule has 16 heavy (non-hydrogen) atoms. The maximum atomic E-state index is 6.01. The van der Waals surface area contributed by atoms with Gasteiger partial charge in [-0.3, -0.25) is 0 Å². The van der Waals surface area contributed by atoms with Gasteiger partial charge in [-0.1, -0.05) is 42.8 Å². The van der Waals surface area contributed by atoms with E-state index in [2.05, 4.69) is 44.2 Å². The van der Waals surface area contributed by atoms with E-state index in [9.17, 15) is 0 Å². The second kappa shape index (κ2) is 4.40. The number of hydrogen-bond donors (Lipinski definition) is 1. The second-order valence-electron chi connectivity index (χ2n) is 4.14. The highest BCUT2D eigenvalue weighted by Crippen LogP contribution is 2.27. The monoisotopic (exact) mass is 211 g/mol. The van der Waals surface area contributed by atoms with Gasteiger partial charge >= 0.3 is 0 Å². The van der Waals surface area contributed by atoms with Crippen molar-refractivity contribution in [3.05, 3.63) is 53.6 Å². The molecule has 0 aromatic heterocycles. The predicted molar refractivity (Wildman–Crippen MR) is 70.4 cm³/mol. The fourth-order valence-corrected chi connectivity index (χ4v) is 1.88. The molecular formula is C15H17N. The summed E-state index contributed by atoms with van der Waals surface area (Å²) in [5.41, 5.74) is 11.8. The predicted octanol–water partition coefficient (Wildman–Crippen LogP) is 3.81. The quantitative estimate of drug-likeness (QED) is 0.751. The van der Waals surface area contributed by atoms with Crippen molar-refractivity contribution in [2.45, 2.75) is 20.3 Å². The largest absolute Gasteiger partial charge is 0.398 e. The van der Waals surface area contributed by atoms with Gasteiger partial charge in [-0.05, 0) is 36.6 Å². The van der Waals surface area contributed by atoms with Crippen molar-refractivity contribution in [3.63, 3.8) is 0 Å². The number of benzene rings is 2. The summed E-state index contributed by atoms with van der Waals surface area (Å²) < 4.78 is 0. The van der Waals surface area contributed by atoms with Crippen molar-refractivity contribution in [3.8, 4) is 11.1 Å². The SMILES string of the molecule is CCc1cccc(-c2cc(C)ccc2N)c1. The van der Waals surface area contributed by atoms with Crippen LogP contribution in [0.5, 0.6) is 0 Å². The topological polar surface area (TPSA) is 26.0 Å². The molecule has 0 saturated heterocycles. The number of aryl methyl sites for hydroxylation is 2. The zero-order valence-corrected chi connectivity index (χ0v) is 9.83. The standard InChI is InChI=1S/C15H17N/c1-3-12-5-4-6-13(10-12)14-9-11(2)7-8-15(14)16/h4-10H,3,16H2,1-2H3. The van der Waals surface area contributed by atoms with E-state index in [0.717, 1.165) is 17.7 Å². The molecule has 0 atom stereocenters. The van der Waals surface area contributed by atoms with Gasteiger partial charge in [0.25, 0.3) is 0 Å². The first-order chi connectivity index (χ1) is 7.70. The molecule has 1 nitrogen and oxygen atoms in total. The number of nitrogens with two attached hydrogens (primary N) is 1. The van der Waals surface area contributed by atoms with Crippen LogP contribution in [0.25, 0.3) is 11.1 Å². The highest BCUT2D eigenvalue weighted by atomic mass is 14.6. The lowest BCUT2D eigenvalue weighted by Crippen LogP contribution is -1.91. The van der Waals surface area contributed by atoms with Crippen molar-refractivity contribution in [1.82, 2.24) is 0 Å². The van der Waals surface area contributed by atoms with Crippen LogP contribution >= 0.6 is 0 Å². The summed E-state index contributed by atoms with van der Waals surface area (Å²) in [5, 5.41) is 0. The molecule has 0 aliphatic rings. The zero-order valence-electron chi connectivity index (χ0n) is 9.83. The first-order valence-electron chi connectivity index (χ1n) is 5.66. The summed E-state index contributed by atoms with van der Waals surface area (Å²) in [6.45, 7) is 4.26. The van der Waals surface area contributed by atoms with Crippen molar-refractivity contribution >= 4 is 5.69 Å². The highest BCUT2D eigenvalue weighted by molar-refractivity contribution is 5.77. The molecule has 2 aromatic rings. The Morgan fingerprint density at radius 1 is 1.06 bits per heavy atom. The lowest BCUT2D eigenvalue weighted by atomic mass is 9.99. The van der Waals surface area contributed by atoms with E-state index in [0.29, 0.717) is 0 Å². The van der Waals surface area contributed by atoms with Gasteiger partial charge in [0.2, 0.25) is 0 Å². The Labute approximate surface area is 96.9 Å². The molecule has 0 radical (unpaired) electrons. The summed E-state index contributed by atoms with van der Waals surface area (Å²) in [6.07, 6.45) is 1.06. The fourth-order valence-electron chi connectivity index (χ4n) is 1.88. The summed E-state index contributed by atoms with van der Waals surface area (Å²) >= 11 is 0. The molecule has 0 aliphatic carbocycles. The molecule has 1 heteroatoms. The van der Waals surface area contributed by atoms with E-state index < -0.39 is 0 Å². The fraction of sp³-hybridized carbons (Fsp3) is 0.200. The van der Waals surface area contributed by atoms with Crippen LogP contribution in [-0.4, -0.2) is 0 Å². The van der Waals surface area contributed by atoms with Crippen LogP contribution in [0.3, 0.4) is 0 Å². The Morgan fingerprint density at radius 2 is 1.88 bits per heavy atom. The third-order valence-corrected chi connectivity index (χ3v) is 2.86. The molecule has 0 fully saturated rings. The van der Waals surface area contributed by atoms with Crippen LogP contribution in [0.15, 0.2) is 42.5 Å². The van der Waals surface area contributed by atoms with E-state index >= 15 is 0 Å². The minimum absolute atomic E-state index is 0.846. The molecule has 2 aromatic carbocycles. The van der Waals surface area contributed by atoms with E-state index in [1.54, 1.807) is 0 Å². The molecule has 2 rings (SSSR count). The minimum Gasteiger partial charge on any atom is -0.398 e. The van der Waals surface area contributed by atoms with Gasteiger partial charge in [-0.25, -0.2) is 0 Å². The Morgan fingerprint density at radius 3 is 2.62 bits per heavy atom. The van der Waals surface area contributed by atoms with Crippen LogP contribution in [0.2, 0.25) is 0 Å². The van der Waals surface area contributed by atoms with E-state index in [-0.39, 0.29) is 0 Å². The first-order valence-corrected chi connectivity index (χ1v) is 5.66. The van der Waals surface area contributed by atoms with E-state index in [1.165, 1.54) is 16.7 Å². The average molecular weight is 211 g/mol. The minimum atomic E-state index is 0.846. The number of rotatable bonds is 2. The first kappa shape index (κ1) is 10.7. The van der Waals surface area contributed by atoms with E-state index in [4.69, 9.17) is 5.73 Å². The summed E-state index contributed by atoms with van der Waals surface area (Å²) in [4.78, 5) is 0. The van der Waals surface area contributed by atoms with Gasteiger partial charge in [0, 0.05) is 11.3 Å². The third kappa shape index (κ3) is 2.08. The molecule has 0 aliphatic heterocycles. The molecule has 82 valence electrons. The number of hydrogen-bond acceptors (Lipinski definition) is 1. The van der Waals surface area contributed by atoms with Gasteiger partial charge < -0.3 is 5.73 Å². The van der Waals surface area contributed by atoms with Crippen LogP contribution in [-0.2, 0) is 6.42 Å².